The van der Waals surface area contributed by atoms with Crippen LogP contribution in [0, 0.1) is 5.92 Å². The van der Waals surface area contributed by atoms with Crippen molar-refractivity contribution in [2.24, 2.45) is 5.92 Å². The lowest BCUT2D eigenvalue weighted by Crippen LogP contribution is -2.30. The number of ether oxygens (including phenoxy) is 2. The van der Waals surface area contributed by atoms with Crippen molar-refractivity contribution in [3.05, 3.63) is 0 Å². The smallest absolute Gasteiger partial charge is 0.0700 e. The molecule has 0 aromatic carbocycles. The van der Waals surface area contributed by atoms with E-state index < -0.39 is 0 Å². The zero-order valence-electron chi connectivity index (χ0n) is 10.0. The van der Waals surface area contributed by atoms with Crippen LogP contribution in [-0.2, 0) is 9.47 Å². The van der Waals surface area contributed by atoms with E-state index in [0.717, 1.165) is 13.0 Å². The lowest BCUT2D eigenvalue weighted by Gasteiger charge is -2.19. The predicted octanol–water partition coefficient (Wildman–Crippen LogP) is 1.67. The minimum absolute atomic E-state index is 0.612. The standard InChI is InChI=1S/C11H25NO2/c1-10(2)11(12-3)6-5-7-14-9-8-13-4/h10-12H,5-9H2,1-4H3. The molecular formula is C11H25NO2. The van der Waals surface area contributed by atoms with Crippen molar-refractivity contribution in [3.8, 4) is 0 Å². The fourth-order valence-corrected chi connectivity index (χ4v) is 1.46. The SMILES string of the molecule is CNC(CCCOCCOC)C(C)C. The molecule has 0 aromatic heterocycles. The Morgan fingerprint density at radius 2 is 1.86 bits per heavy atom. The molecule has 0 heterocycles. The summed E-state index contributed by atoms with van der Waals surface area (Å²) in [5, 5.41) is 3.32. The van der Waals surface area contributed by atoms with Crippen LogP contribution >= 0.6 is 0 Å². The molecule has 0 amide bonds. The third kappa shape index (κ3) is 7.30. The van der Waals surface area contributed by atoms with Crippen LogP contribution < -0.4 is 5.32 Å². The molecule has 1 atom stereocenters. The Balaban J connectivity index is 3.25. The Labute approximate surface area is 88.2 Å². The van der Waals surface area contributed by atoms with E-state index in [-0.39, 0.29) is 0 Å². The summed E-state index contributed by atoms with van der Waals surface area (Å²) in [5.74, 6) is 0.693. The molecule has 0 saturated heterocycles. The number of hydrogen-bond acceptors (Lipinski definition) is 3. The van der Waals surface area contributed by atoms with E-state index in [4.69, 9.17) is 9.47 Å². The zero-order valence-corrected chi connectivity index (χ0v) is 10.0. The van der Waals surface area contributed by atoms with Gasteiger partial charge in [-0.05, 0) is 25.8 Å². The second-order valence-electron chi connectivity index (χ2n) is 3.89. The highest BCUT2D eigenvalue weighted by Crippen LogP contribution is 2.07. The molecule has 0 aliphatic carbocycles. The maximum absolute atomic E-state index is 5.40. The maximum Gasteiger partial charge on any atom is 0.0700 e. The first-order chi connectivity index (χ1) is 6.72. The van der Waals surface area contributed by atoms with Crippen LogP contribution in [0.1, 0.15) is 26.7 Å². The molecule has 3 nitrogen and oxygen atoms in total. The maximum atomic E-state index is 5.40. The Bertz CT molecular complexity index is 118. The second kappa shape index (κ2) is 9.44. The minimum Gasteiger partial charge on any atom is -0.382 e. The topological polar surface area (TPSA) is 30.5 Å². The van der Waals surface area contributed by atoms with Gasteiger partial charge in [-0.25, -0.2) is 0 Å². The zero-order chi connectivity index (χ0) is 10.8. The van der Waals surface area contributed by atoms with Crippen LogP contribution in [0.2, 0.25) is 0 Å². The number of rotatable bonds is 9. The largest absolute Gasteiger partial charge is 0.382 e. The summed E-state index contributed by atoms with van der Waals surface area (Å²) >= 11 is 0. The quantitative estimate of drug-likeness (QED) is 0.578. The van der Waals surface area contributed by atoms with Gasteiger partial charge in [0.2, 0.25) is 0 Å². The van der Waals surface area contributed by atoms with Crippen LogP contribution in [0.15, 0.2) is 0 Å². The van der Waals surface area contributed by atoms with Gasteiger partial charge >= 0.3 is 0 Å². The molecule has 0 spiro atoms. The molecule has 14 heavy (non-hydrogen) atoms. The number of methoxy groups -OCH3 is 1. The van der Waals surface area contributed by atoms with E-state index in [2.05, 4.69) is 19.2 Å². The van der Waals surface area contributed by atoms with Gasteiger partial charge in [0.05, 0.1) is 13.2 Å². The normalized spacial score (nSPS) is 13.5. The average molecular weight is 203 g/mol. The van der Waals surface area contributed by atoms with Crippen LogP contribution in [0.3, 0.4) is 0 Å². The Hall–Kier alpha value is -0.120. The van der Waals surface area contributed by atoms with Crippen molar-refractivity contribution in [1.82, 2.24) is 5.32 Å². The summed E-state index contributed by atoms with van der Waals surface area (Å²) in [6.07, 6.45) is 2.30. The van der Waals surface area contributed by atoms with Gasteiger partial charge in [0.1, 0.15) is 0 Å². The average Bonchev–Trinajstić information content (AvgIpc) is 2.16. The van der Waals surface area contributed by atoms with Crippen molar-refractivity contribution in [2.45, 2.75) is 32.7 Å². The summed E-state index contributed by atoms with van der Waals surface area (Å²) in [7, 11) is 3.72. The molecule has 0 rings (SSSR count). The summed E-state index contributed by atoms with van der Waals surface area (Å²) in [4.78, 5) is 0. The Morgan fingerprint density at radius 1 is 1.14 bits per heavy atom. The van der Waals surface area contributed by atoms with Gasteiger partial charge in [0.15, 0.2) is 0 Å². The molecule has 86 valence electrons. The molecule has 0 bridgehead atoms. The molecule has 1 N–H and O–H groups in total. The highest BCUT2D eigenvalue weighted by molar-refractivity contribution is 4.67. The molecule has 0 aliphatic rings. The first-order valence-corrected chi connectivity index (χ1v) is 5.46. The van der Waals surface area contributed by atoms with E-state index in [1.54, 1.807) is 7.11 Å². The van der Waals surface area contributed by atoms with E-state index in [0.29, 0.717) is 25.2 Å². The van der Waals surface area contributed by atoms with Gasteiger partial charge in [0.25, 0.3) is 0 Å². The monoisotopic (exact) mass is 203 g/mol. The van der Waals surface area contributed by atoms with Crippen molar-refractivity contribution in [1.29, 1.82) is 0 Å². The van der Waals surface area contributed by atoms with E-state index in [1.807, 2.05) is 7.05 Å². The molecule has 1 unspecified atom stereocenters. The third-order valence-electron chi connectivity index (χ3n) is 2.41. The van der Waals surface area contributed by atoms with Gasteiger partial charge in [0, 0.05) is 19.8 Å². The lowest BCUT2D eigenvalue weighted by atomic mass is 10.00. The molecule has 0 aromatic rings. The van der Waals surface area contributed by atoms with Crippen LogP contribution in [0.5, 0.6) is 0 Å². The van der Waals surface area contributed by atoms with Gasteiger partial charge in [-0.15, -0.1) is 0 Å². The molecule has 0 fully saturated rings. The lowest BCUT2D eigenvalue weighted by molar-refractivity contribution is 0.0673. The summed E-state index contributed by atoms with van der Waals surface area (Å²) in [6, 6.07) is 0.612. The number of hydrogen-bond donors (Lipinski definition) is 1. The van der Waals surface area contributed by atoms with Crippen molar-refractivity contribution in [3.63, 3.8) is 0 Å². The summed E-state index contributed by atoms with van der Waals surface area (Å²) in [5.41, 5.74) is 0. The fourth-order valence-electron chi connectivity index (χ4n) is 1.46. The van der Waals surface area contributed by atoms with Crippen molar-refractivity contribution in [2.75, 3.05) is 34.0 Å². The molecule has 0 radical (unpaired) electrons. The fraction of sp³-hybridized carbons (Fsp3) is 1.00. The summed E-state index contributed by atoms with van der Waals surface area (Å²) < 4.78 is 10.3. The van der Waals surface area contributed by atoms with Crippen LogP contribution in [0.4, 0.5) is 0 Å². The van der Waals surface area contributed by atoms with E-state index in [9.17, 15) is 0 Å². The van der Waals surface area contributed by atoms with E-state index >= 15 is 0 Å². The van der Waals surface area contributed by atoms with Gasteiger partial charge < -0.3 is 14.8 Å². The van der Waals surface area contributed by atoms with Gasteiger partial charge in [-0.3, -0.25) is 0 Å². The highest BCUT2D eigenvalue weighted by atomic mass is 16.5. The molecular weight excluding hydrogens is 178 g/mol. The van der Waals surface area contributed by atoms with Crippen LogP contribution in [-0.4, -0.2) is 40.0 Å². The minimum atomic E-state index is 0.612. The van der Waals surface area contributed by atoms with Crippen molar-refractivity contribution < 1.29 is 9.47 Å². The molecule has 0 aliphatic heterocycles. The Morgan fingerprint density at radius 3 is 2.36 bits per heavy atom. The first-order valence-electron chi connectivity index (χ1n) is 5.46. The molecule has 3 heteroatoms. The highest BCUT2D eigenvalue weighted by Gasteiger charge is 2.09. The van der Waals surface area contributed by atoms with Gasteiger partial charge in [-0.2, -0.15) is 0 Å². The number of nitrogens with one attached hydrogen (secondary N) is 1. The first kappa shape index (κ1) is 13.9. The third-order valence-corrected chi connectivity index (χ3v) is 2.41. The van der Waals surface area contributed by atoms with Crippen LogP contribution in [0.25, 0.3) is 0 Å². The summed E-state index contributed by atoms with van der Waals surface area (Å²) in [6.45, 7) is 6.73. The van der Waals surface area contributed by atoms with Crippen molar-refractivity contribution >= 4 is 0 Å². The molecule has 0 saturated carbocycles. The van der Waals surface area contributed by atoms with Gasteiger partial charge in [-0.1, -0.05) is 13.8 Å². The van der Waals surface area contributed by atoms with E-state index in [1.165, 1.54) is 6.42 Å². The second-order valence-corrected chi connectivity index (χ2v) is 3.89. The predicted molar refractivity (Wildman–Crippen MR) is 59.6 cm³/mol. The Kier molecular flexibility index (Phi) is 9.35.